The number of rotatable bonds is 6. The molecule has 8 heteroatoms. The van der Waals surface area contributed by atoms with Crippen molar-refractivity contribution >= 4 is 34.6 Å². The molecule has 7 nitrogen and oxygen atoms in total. The van der Waals surface area contributed by atoms with Gasteiger partial charge in [0.25, 0.3) is 0 Å². The molecule has 3 heterocycles. The highest BCUT2D eigenvalue weighted by Crippen LogP contribution is 2.30. The first kappa shape index (κ1) is 23.9. The number of hydrogen-bond donors (Lipinski definition) is 0. The van der Waals surface area contributed by atoms with Gasteiger partial charge in [0.05, 0.1) is 27.1 Å². The Morgan fingerprint density at radius 2 is 2.08 bits per heavy atom. The van der Waals surface area contributed by atoms with Crippen molar-refractivity contribution in [2.24, 2.45) is 0 Å². The minimum atomic E-state index is 0.0518. The maximum Gasteiger partial charge on any atom is 0.242 e. The van der Waals surface area contributed by atoms with Gasteiger partial charge in [0.2, 0.25) is 5.91 Å². The molecule has 182 valence electrons. The molecule has 36 heavy (non-hydrogen) atoms. The van der Waals surface area contributed by atoms with E-state index in [0.717, 1.165) is 52.4 Å². The third kappa shape index (κ3) is 4.68. The second-order valence-corrected chi connectivity index (χ2v) is 10.0. The van der Waals surface area contributed by atoms with Crippen LogP contribution in [0.5, 0.6) is 0 Å². The Hall–Kier alpha value is -3.80. The third-order valence-electron chi connectivity index (χ3n) is 6.65. The zero-order chi connectivity index (χ0) is 25.2. The Kier molecular flexibility index (Phi) is 6.68. The molecule has 0 radical (unpaired) electrons. The lowest BCUT2D eigenvalue weighted by Crippen LogP contribution is -2.54. The number of imidazole rings is 1. The van der Waals surface area contributed by atoms with Gasteiger partial charge in [-0.1, -0.05) is 18.1 Å². The highest BCUT2D eigenvalue weighted by Gasteiger charge is 2.29. The van der Waals surface area contributed by atoms with Crippen LogP contribution in [0.3, 0.4) is 0 Å². The number of thiazole rings is 1. The van der Waals surface area contributed by atoms with Gasteiger partial charge < -0.3 is 9.47 Å². The smallest absolute Gasteiger partial charge is 0.242 e. The third-order valence-corrected chi connectivity index (χ3v) is 7.58. The van der Waals surface area contributed by atoms with Gasteiger partial charge in [-0.05, 0) is 49.7 Å². The summed E-state index contributed by atoms with van der Waals surface area (Å²) in [6.07, 6.45) is 6.38. The Morgan fingerprint density at radius 3 is 2.81 bits per heavy atom. The van der Waals surface area contributed by atoms with Crippen LogP contribution >= 0.6 is 11.3 Å². The predicted octanol–water partition coefficient (Wildman–Crippen LogP) is 3.99. The van der Waals surface area contributed by atoms with E-state index >= 15 is 0 Å². The van der Waals surface area contributed by atoms with Gasteiger partial charge in [-0.25, -0.2) is 9.97 Å². The van der Waals surface area contributed by atoms with Crippen LogP contribution in [0.25, 0.3) is 21.7 Å². The van der Waals surface area contributed by atoms with Crippen molar-refractivity contribution in [1.29, 1.82) is 0 Å². The lowest BCUT2D eigenvalue weighted by atomic mass is 10.1. The van der Waals surface area contributed by atoms with Gasteiger partial charge in [0.15, 0.2) is 5.82 Å². The summed E-state index contributed by atoms with van der Waals surface area (Å²) in [6.45, 7) is 7.09. The predicted molar refractivity (Wildman–Crippen MR) is 142 cm³/mol. The second kappa shape index (κ2) is 10.1. The van der Waals surface area contributed by atoms with Crippen LogP contribution in [-0.2, 0) is 17.9 Å². The molecule has 0 aliphatic carbocycles. The van der Waals surface area contributed by atoms with Crippen LogP contribution < -0.4 is 0 Å². The van der Waals surface area contributed by atoms with Crippen LogP contribution in [0.4, 0.5) is 0 Å². The fourth-order valence-corrected chi connectivity index (χ4v) is 5.72. The van der Waals surface area contributed by atoms with Crippen molar-refractivity contribution in [2.45, 2.75) is 33.0 Å². The van der Waals surface area contributed by atoms with Gasteiger partial charge >= 0.3 is 0 Å². The van der Waals surface area contributed by atoms with Crippen molar-refractivity contribution in [2.75, 3.05) is 19.6 Å². The summed E-state index contributed by atoms with van der Waals surface area (Å²) in [5, 5.41) is 0. The largest absolute Gasteiger partial charge is 0.336 e. The van der Waals surface area contributed by atoms with Crippen LogP contribution in [0.2, 0.25) is 0 Å². The van der Waals surface area contributed by atoms with E-state index in [-0.39, 0.29) is 18.5 Å². The zero-order valence-electron chi connectivity index (χ0n) is 20.3. The van der Waals surface area contributed by atoms with Crippen molar-refractivity contribution in [3.05, 3.63) is 70.4 Å². The summed E-state index contributed by atoms with van der Waals surface area (Å²) in [4.78, 5) is 39.3. The number of aromatic nitrogens is 3. The summed E-state index contributed by atoms with van der Waals surface area (Å²) in [5.41, 5.74) is 6.84. The first-order valence-electron chi connectivity index (χ1n) is 11.9. The maximum atomic E-state index is 13.5. The average Bonchev–Trinajstić information content (AvgIpc) is 3.46. The lowest BCUT2D eigenvalue weighted by Gasteiger charge is -2.40. The number of amides is 1. The maximum absolute atomic E-state index is 13.5. The molecule has 5 rings (SSSR count). The number of piperazine rings is 1. The molecule has 4 aromatic rings. The quantitative estimate of drug-likeness (QED) is 0.298. The van der Waals surface area contributed by atoms with Gasteiger partial charge in [-0.15, -0.1) is 17.8 Å². The highest BCUT2D eigenvalue weighted by atomic mass is 32.1. The van der Waals surface area contributed by atoms with Crippen molar-refractivity contribution < 1.29 is 9.59 Å². The van der Waals surface area contributed by atoms with Gasteiger partial charge in [0, 0.05) is 43.3 Å². The Bertz CT molecular complexity index is 1480. The Morgan fingerprint density at radius 1 is 1.25 bits per heavy atom. The van der Waals surface area contributed by atoms with Crippen LogP contribution in [0.1, 0.15) is 34.1 Å². The van der Waals surface area contributed by atoms with Gasteiger partial charge in [-0.3, -0.25) is 14.5 Å². The second-order valence-electron chi connectivity index (χ2n) is 9.17. The molecular formula is C28H27N5O2S. The van der Waals surface area contributed by atoms with Crippen molar-refractivity contribution in [3.63, 3.8) is 0 Å². The van der Waals surface area contributed by atoms with Crippen molar-refractivity contribution in [1.82, 2.24) is 24.3 Å². The van der Waals surface area contributed by atoms with Crippen LogP contribution in [0, 0.1) is 19.3 Å². The molecule has 0 unspecified atom stereocenters. The molecule has 1 aliphatic heterocycles. The molecule has 1 saturated heterocycles. The van der Waals surface area contributed by atoms with E-state index in [4.69, 9.17) is 11.4 Å². The summed E-state index contributed by atoms with van der Waals surface area (Å²) in [6, 6.07) is 13.5. The molecule has 1 aliphatic rings. The van der Waals surface area contributed by atoms with Gasteiger partial charge in [-0.2, -0.15) is 0 Å². The summed E-state index contributed by atoms with van der Waals surface area (Å²) in [5.74, 6) is 3.48. The minimum Gasteiger partial charge on any atom is -0.336 e. The molecule has 0 spiro atoms. The van der Waals surface area contributed by atoms with E-state index in [9.17, 15) is 9.59 Å². The molecule has 1 atom stereocenters. The molecule has 0 N–H and O–H groups in total. The normalized spacial score (nSPS) is 16.2. The number of carbonyl (C=O) groups excluding carboxylic acids is 2. The first-order valence-corrected chi connectivity index (χ1v) is 12.8. The molecule has 2 aromatic heterocycles. The number of benzene rings is 2. The van der Waals surface area contributed by atoms with Crippen molar-refractivity contribution in [3.8, 4) is 23.0 Å². The zero-order valence-corrected chi connectivity index (χ0v) is 21.2. The molecule has 0 saturated carbocycles. The molecule has 2 aromatic carbocycles. The van der Waals surface area contributed by atoms with E-state index < -0.39 is 0 Å². The Labute approximate surface area is 214 Å². The molecule has 1 fully saturated rings. The number of terminal acetylenes is 1. The monoisotopic (exact) mass is 497 g/mol. The fourth-order valence-electron chi connectivity index (χ4n) is 4.92. The number of nitrogens with zero attached hydrogens (tertiary/aromatic N) is 5. The first-order chi connectivity index (χ1) is 17.5. The number of aldehydes is 1. The number of fused-ring (bicyclic) bond motifs is 1. The van der Waals surface area contributed by atoms with E-state index in [1.165, 1.54) is 0 Å². The van der Waals surface area contributed by atoms with Gasteiger partial charge in [0.1, 0.15) is 12.8 Å². The number of hydrogen-bond acceptors (Lipinski definition) is 6. The van der Waals surface area contributed by atoms with E-state index in [1.807, 2.05) is 58.3 Å². The fraction of sp³-hybridized carbons (Fsp3) is 0.286. The van der Waals surface area contributed by atoms with E-state index in [1.54, 1.807) is 17.4 Å². The molecule has 0 bridgehead atoms. The SMILES string of the molecule is C#Cc1cc(C=O)cc(CN2CCN(C(=O)Cn3c(-c4scnc4C)nc4ccccc43)[C@@H](C)C2)c1. The number of carbonyl (C=O) groups is 2. The van der Waals surface area contributed by atoms with E-state index in [2.05, 4.69) is 22.7 Å². The minimum absolute atomic E-state index is 0.0518. The summed E-state index contributed by atoms with van der Waals surface area (Å²) in [7, 11) is 0. The molecule has 1 amide bonds. The summed E-state index contributed by atoms with van der Waals surface area (Å²) < 4.78 is 2.02. The summed E-state index contributed by atoms with van der Waals surface area (Å²) >= 11 is 1.54. The Balaban J connectivity index is 1.32. The number of aryl methyl sites for hydroxylation is 1. The standard InChI is InChI=1S/C28H27N5O2S/c1-4-21-11-22(13-23(12-21)17-34)15-31-9-10-32(19(2)14-31)26(35)16-33-25-8-6-5-7-24(25)30-28(33)27-20(3)29-18-36-27/h1,5-8,11-13,17-19H,9-10,14-16H2,2-3H3/t19-/m0/s1. The topological polar surface area (TPSA) is 71.3 Å². The van der Waals surface area contributed by atoms with Crippen LogP contribution in [-0.4, -0.2) is 62.2 Å². The highest BCUT2D eigenvalue weighted by molar-refractivity contribution is 7.13. The average molecular weight is 498 g/mol. The number of para-hydroxylation sites is 2. The molecular weight excluding hydrogens is 470 g/mol. The lowest BCUT2D eigenvalue weighted by molar-refractivity contribution is -0.136. The van der Waals surface area contributed by atoms with E-state index in [0.29, 0.717) is 24.2 Å². The van der Waals surface area contributed by atoms with Crippen LogP contribution in [0.15, 0.2) is 48.0 Å².